The summed E-state index contributed by atoms with van der Waals surface area (Å²) in [6.07, 6.45) is 14.7. The van der Waals surface area contributed by atoms with Crippen LogP contribution in [0, 0.1) is 11.3 Å². The molecule has 274 valence electrons. The molecular formula is C47H47N3O2S2. The van der Waals surface area contributed by atoms with E-state index in [9.17, 15) is 15.2 Å². The third-order valence-electron chi connectivity index (χ3n) is 9.56. The second-order valence-electron chi connectivity index (χ2n) is 13.6. The van der Waals surface area contributed by atoms with E-state index in [-0.39, 0.29) is 5.57 Å². The first-order chi connectivity index (χ1) is 26.5. The fraction of sp³-hybridized carbons (Fsp3) is 0.255. The molecule has 0 radical (unpaired) electrons. The van der Waals surface area contributed by atoms with Crippen molar-refractivity contribution in [3.05, 3.63) is 138 Å². The number of thiophene rings is 2. The number of carboxylic acids is 1. The van der Waals surface area contributed by atoms with E-state index < -0.39 is 5.97 Å². The van der Waals surface area contributed by atoms with Gasteiger partial charge in [-0.1, -0.05) is 107 Å². The van der Waals surface area contributed by atoms with Crippen LogP contribution in [0.15, 0.2) is 121 Å². The zero-order valence-electron chi connectivity index (χ0n) is 31.1. The van der Waals surface area contributed by atoms with Gasteiger partial charge < -0.3 is 10.0 Å². The van der Waals surface area contributed by atoms with E-state index in [2.05, 4.69) is 116 Å². The minimum Gasteiger partial charge on any atom is -0.477 e. The van der Waals surface area contributed by atoms with Gasteiger partial charge in [0.25, 0.3) is 0 Å². The summed E-state index contributed by atoms with van der Waals surface area (Å²) in [5.74, 6) is -1.24. The predicted molar refractivity (Wildman–Crippen MR) is 228 cm³/mol. The van der Waals surface area contributed by atoms with Crippen molar-refractivity contribution in [2.75, 3.05) is 4.90 Å². The number of nitriles is 1. The maximum atomic E-state index is 11.4. The summed E-state index contributed by atoms with van der Waals surface area (Å²) in [5.41, 5.74) is 8.50. The molecule has 6 aromatic rings. The summed E-state index contributed by atoms with van der Waals surface area (Å²) in [6, 6.07) is 40.3. The summed E-state index contributed by atoms with van der Waals surface area (Å²) in [4.78, 5) is 23.5. The molecule has 7 heteroatoms. The maximum absolute atomic E-state index is 11.4. The van der Waals surface area contributed by atoms with Crippen molar-refractivity contribution in [1.29, 1.82) is 5.26 Å². The molecule has 5 nitrogen and oxygen atoms in total. The normalized spacial score (nSPS) is 11.4. The van der Waals surface area contributed by atoms with Crippen LogP contribution in [0.25, 0.3) is 36.8 Å². The van der Waals surface area contributed by atoms with E-state index in [0.717, 1.165) is 46.9 Å². The largest absolute Gasteiger partial charge is 0.477 e. The summed E-state index contributed by atoms with van der Waals surface area (Å²) >= 11 is 3.71. The second-order valence-corrected chi connectivity index (χ2v) is 15.7. The number of unbranched alkanes of at least 4 members (excludes halogenated alkanes) is 6. The number of pyridine rings is 1. The van der Waals surface area contributed by atoms with Crippen LogP contribution in [0.2, 0.25) is 0 Å². The number of carbonyl (C=O) groups is 1. The van der Waals surface area contributed by atoms with Crippen LogP contribution in [0.4, 0.5) is 17.1 Å². The van der Waals surface area contributed by atoms with Gasteiger partial charge in [-0.25, -0.2) is 4.79 Å². The van der Waals surface area contributed by atoms with Gasteiger partial charge >= 0.3 is 5.97 Å². The number of nitrogens with zero attached hydrogens (tertiary/aromatic N) is 3. The molecule has 0 fully saturated rings. The maximum Gasteiger partial charge on any atom is 0.346 e. The molecule has 3 aromatic carbocycles. The Bertz CT molecular complexity index is 2140. The van der Waals surface area contributed by atoms with Crippen molar-refractivity contribution in [3.63, 3.8) is 0 Å². The van der Waals surface area contributed by atoms with Gasteiger partial charge in [0.1, 0.15) is 11.6 Å². The molecule has 0 aliphatic rings. The fourth-order valence-corrected chi connectivity index (χ4v) is 9.29. The third-order valence-corrected chi connectivity index (χ3v) is 12.2. The average Bonchev–Trinajstić information content (AvgIpc) is 3.83. The second kappa shape index (κ2) is 19.2. The van der Waals surface area contributed by atoms with E-state index in [4.69, 9.17) is 4.98 Å². The monoisotopic (exact) mass is 749 g/mol. The van der Waals surface area contributed by atoms with Crippen LogP contribution < -0.4 is 4.90 Å². The highest BCUT2D eigenvalue weighted by molar-refractivity contribution is 7.25. The van der Waals surface area contributed by atoms with E-state index in [1.165, 1.54) is 82.3 Å². The first-order valence-electron chi connectivity index (χ1n) is 19.1. The Hall–Kier alpha value is -5.29. The van der Waals surface area contributed by atoms with Gasteiger partial charge in [0.2, 0.25) is 0 Å². The van der Waals surface area contributed by atoms with Crippen molar-refractivity contribution >= 4 is 51.8 Å². The average molecular weight is 750 g/mol. The first kappa shape index (κ1) is 38.4. The van der Waals surface area contributed by atoms with Crippen LogP contribution in [-0.2, 0) is 17.6 Å². The zero-order valence-corrected chi connectivity index (χ0v) is 32.8. The van der Waals surface area contributed by atoms with Gasteiger partial charge in [0, 0.05) is 37.9 Å². The van der Waals surface area contributed by atoms with Crippen molar-refractivity contribution in [2.45, 2.75) is 78.1 Å². The lowest BCUT2D eigenvalue weighted by molar-refractivity contribution is -0.132. The van der Waals surface area contributed by atoms with E-state index in [1.54, 1.807) is 23.6 Å². The molecule has 3 aromatic heterocycles. The van der Waals surface area contributed by atoms with Gasteiger partial charge in [0.15, 0.2) is 0 Å². The van der Waals surface area contributed by atoms with Crippen molar-refractivity contribution in [2.24, 2.45) is 0 Å². The van der Waals surface area contributed by atoms with Gasteiger partial charge in [-0.05, 0) is 109 Å². The minimum absolute atomic E-state index is 0.309. The van der Waals surface area contributed by atoms with Crippen LogP contribution in [0.3, 0.4) is 0 Å². The highest BCUT2D eigenvalue weighted by Gasteiger charge is 2.20. The highest BCUT2D eigenvalue weighted by atomic mass is 32.1. The van der Waals surface area contributed by atoms with E-state index >= 15 is 0 Å². The molecule has 0 amide bonds. The first-order valence-corrected chi connectivity index (χ1v) is 20.7. The molecule has 0 atom stereocenters. The summed E-state index contributed by atoms with van der Waals surface area (Å²) in [7, 11) is 0. The number of aliphatic carboxylic acids is 1. The lowest BCUT2D eigenvalue weighted by atomic mass is 10.0. The summed E-state index contributed by atoms with van der Waals surface area (Å²) < 4.78 is 0. The Morgan fingerprint density at radius 2 is 1.24 bits per heavy atom. The Morgan fingerprint density at radius 1 is 0.704 bits per heavy atom. The Kier molecular flexibility index (Phi) is 13.6. The quantitative estimate of drug-likeness (QED) is 0.0538. The Labute approximate surface area is 327 Å². The fourth-order valence-electron chi connectivity index (χ4n) is 6.69. The van der Waals surface area contributed by atoms with Crippen LogP contribution >= 0.6 is 22.7 Å². The van der Waals surface area contributed by atoms with Gasteiger partial charge in [-0.2, -0.15) is 5.26 Å². The molecule has 0 spiro atoms. The van der Waals surface area contributed by atoms with Crippen LogP contribution in [0.1, 0.15) is 81.9 Å². The number of carboxylic acid groups (broad SMARTS) is 1. The topological polar surface area (TPSA) is 77.2 Å². The third kappa shape index (κ3) is 9.62. The van der Waals surface area contributed by atoms with Crippen molar-refractivity contribution in [3.8, 4) is 36.8 Å². The molecule has 0 saturated carbocycles. The molecule has 3 heterocycles. The molecule has 0 bridgehead atoms. The van der Waals surface area contributed by atoms with Gasteiger partial charge in [0.05, 0.1) is 10.6 Å². The number of aryl methyl sites for hydroxylation is 2. The van der Waals surface area contributed by atoms with Crippen molar-refractivity contribution in [1.82, 2.24) is 4.98 Å². The predicted octanol–water partition coefficient (Wildman–Crippen LogP) is 13.9. The lowest BCUT2D eigenvalue weighted by Gasteiger charge is -2.25. The van der Waals surface area contributed by atoms with E-state index in [0.29, 0.717) is 5.56 Å². The molecule has 54 heavy (non-hydrogen) atoms. The standard InChI is InChI=1S/C47H47N3O2S2/c1-3-5-7-11-17-36-30-43(35-24-26-41(27-25-35)50(39-19-13-9-14-20-39)40-21-15-10-16-22-40)53-45(36)46-37(18-12-8-6-4-2)31-44(54-46)42-28-23-34(33-49-42)29-38(32-48)47(51)52/h9-10,13-16,19-31,33H,3-8,11-12,17-18H2,1-2H3,(H,51,52)/b38-29-. The summed E-state index contributed by atoms with van der Waals surface area (Å²) in [6.45, 7) is 4.51. The SMILES string of the molecule is CCCCCCc1cc(-c2ccc(N(c3ccccc3)c3ccccc3)cc2)sc1-c1sc(-c2ccc(/C=C(/C#N)C(=O)O)cn2)cc1CCCCCC. The molecule has 0 saturated heterocycles. The highest BCUT2D eigenvalue weighted by Crippen LogP contribution is 2.46. The molecular weight excluding hydrogens is 703 g/mol. The smallest absolute Gasteiger partial charge is 0.346 e. The number of anilines is 3. The zero-order chi connectivity index (χ0) is 37.7. The number of rotatable bonds is 18. The number of benzene rings is 3. The number of para-hydroxylation sites is 2. The molecule has 0 aliphatic carbocycles. The molecule has 1 N–H and O–H groups in total. The molecule has 0 aliphatic heterocycles. The van der Waals surface area contributed by atoms with E-state index in [1.807, 2.05) is 23.5 Å². The minimum atomic E-state index is -1.24. The lowest BCUT2D eigenvalue weighted by Crippen LogP contribution is -2.09. The molecule has 0 unspecified atom stereocenters. The van der Waals surface area contributed by atoms with Crippen molar-refractivity contribution < 1.29 is 9.90 Å². The Morgan fingerprint density at radius 3 is 1.74 bits per heavy atom. The van der Waals surface area contributed by atoms with Gasteiger partial charge in [-0.3, -0.25) is 4.98 Å². The van der Waals surface area contributed by atoms with Crippen LogP contribution in [-0.4, -0.2) is 16.1 Å². The number of hydrogen-bond donors (Lipinski definition) is 1. The van der Waals surface area contributed by atoms with Gasteiger partial charge in [-0.15, -0.1) is 22.7 Å². The number of aromatic nitrogens is 1. The Balaban J connectivity index is 1.37. The summed E-state index contributed by atoms with van der Waals surface area (Å²) in [5, 5.41) is 18.5. The van der Waals surface area contributed by atoms with Crippen LogP contribution in [0.5, 0.6) is 0 Å². The molecule has 6 rings (SSSR count). The number of hydrogen-bond acceptors (Lipinski definition) is 6.